The molecule has 0 bridgehead atoms. The van der Waals surface area contributed by atoms with Crippen molar-refractivity contribution in [3.05, 3.63) is 95.0 Å². The van der Waals surface area contributed by atoms with Crippen molar-refractivity contribution >= 4 is 91.4 Å². The van der Waals surface area contributed by atoms with Gasteiger partial charge in [-0.1, -0.05) is 105 Å². The van der Waals surface area contributed by atoms with Crippen molar-refractivity contribution in [3.8, 4) is 0 Å². The summed E-state index contributed by atoms with van der Waals surface area (Å²) in [7, 11) is 0. The Kier molecular flexibility index (Phi) is 21.1. The minimum absolute atomic E-state index is 0.0362. The number of alkyl carbamates (subject to hydrolysis) is 1. The number of unbranched alkanes of at least 4 members (excludes halogenated alkanes) is 1. The van der Waals surface area contributed by atoms with Gasteiger partial charge in [0.2, 0.25) is 35.4 Å². The van der Waals surface area contributed by atoms with Crippen molar-refractivity contribution < 1.29 is 47.9 Å². The highest BCUT2D eigenvalue weighted by Crippen LogP contribution is 2.36. The molecule has 6 rings (SSSR count). The van der Waals surface area contributed by atoms with E-state index in [0.29, 0.717) is 36.5 Å². The van der Waals surface area contributed by atoms with E-state index in [1.165, 1.54) is 27.7 Å². The van der Waals surface area contributed by atoms with E-state index in [1.807, 2.05) is 62.4 Å². The van der Waals surface area contributed by atoms with Gasteiger partial charge in [0.1, 0.15) is 42.9 Å². The number of rotatable bonds is 25. The van der Waals surface area contributed by atoms with Crippen LogP contribution in [0.3, 0.4) is 0 Å². The number of benzene rings is 5. The van der Waals surface area contributed by atoms with Crippen LogP contribution in [0.25, 0.3) is 32.3 Å². The molecule has 7 amide bonds. The third-order valence-corrected chi connectivity index (χ3v) is 13.7. The van der Waals surface area contributed by atoms with Crippen LogP contribution in [-0.4, -0.2) is 114 Å². The SMILES string of the molecule is CC(C)C[C@H](NC(=O)[C@H](C)NC(=O)[C@H](CCCCNC(=O)OCc1ccccc1Cl)NC(=O)[C@H](C)NC(=O)[C@H](Cc1ccc2ccc3cccc4ccc1c2c34)NC(=O)[C@H](C)N)C(=O)N[C@@H](C)C(=O)ON1CCCCC1. The molecule has 9 N–H and O–H groups in total. The molecule has 0 saturated carbocycles. The van der Waals surface area contributed by atoms with Crippen molar-refractivity contribution in [1.82, 2.24) is 42.3 Å². The summed E-state index contributed by atoms with van der Waals surface area (Å²) in [5.41, 5.74) is 7.35. The second-order valence-electron chi connectivity index (χ2n) is 20.1. The first-order chi connectivity index (χ1) is 36.3. The zero-order valence-corrected chi connectivity index (χ0v) is 44.9. The second-order valence-corrected chi connectivity index (χ2v) is 20.5. The average molecular weight is 1070 g/mol. The first-order valence-electron chi connectivity index (χ1n) is 26.1. The number of piperidine rings is 1. The van der Waals surface area contributed by atoms with E-state index in [2.05, 4.69) is 43.3 Å². The summed E-state index contributed by atoms with van der Waals surface area (Å²) in [6.07, 6.45) is 3.09. The Morgan fingerprint density at radius 1 is 0.579 bits per heavy atom. The number of carbonyl (C=O) groups is 8. The fourth-order valence-electron chi connectivity index (χ4n) is 9.04. The molecule has 5 aromatic carbocycles. The van der Waals surface area contributed by atoms with Crippen LogP contribution in [0, 0.1) is 5.92 Å². The third kappa shape index (κ3) is 16.2. The number of nitrogens with two attached hydrogens (primary N) is 1. The van der Waals surface area contributed by atoms with Gasteiger partial charge in [0.15, 0.2) is 0 Å². The Bertz CT molecular complexity index is 2840. The van der Waals surface area contributed by atoms with E-state index >= 15 is 0 Å². The molecule has 1 fully saturated rings. The normalized spacial score (nSPS) is 15.6. The quantitative estimate of drug-likeness (QED) is 0.0278. The molecule has 0 aromatic heterocycles. The van der Waals surface area contributed by atoms with Gasteiger partial charge in [-0.15, -0.1) is 5.06 Å². The minimum atomic E-state index is -1.25. The number of nitrogens with one attached hydrogen (secondary N) is 7. The lowest BCUT2D eigenvalue weighted by Crippen LogP contribution is -2.59. The zero-order valence-electron chi connectivity index (χ0n) is 44.1. The Hall–Kier alpha value is -7.09. The first-order valence-corrected chi connectivity index (χ1v) is 26.5. The largest absolute Gasteiger partial charge is 0.445 e. The molecule has 5 aromatic rings. The summed E-state index contributed by atoms with van der Waals surface area (Å²) in [6, 6.07) is 17.2. The number of amides is 7. The van der Waals surface area contributed by atoms with Crippen molar-refractivity contribution in [2.45, 2.75) is 142 Å². The number of hydrogen-bond donors (Lipinski definition) is 8. The number of hydrogen-bond acceptors (Lipinski definition) is 12. The standard InChI is InChI=1S/C56H72ClN9O10/c1-32(2)29-45(53(71)62-36(6)55(73)76-66-27-12-7-13-28-66)65-51(69)35(5)60-52(70)44(19-10-11-26-59-56(74)75-31-41-15-8-9-18-43(41)57)63-50(68)34(4)61-54(72)46(64-49(67)33(3)58)30-40-23-22-39-21-20-37-16-14-17-38-24-25-42(40)48(39)47(37)38/h8-9,14-18,20-25,32-36,44-46H,7,10-13,19,26-31,58H2,1-6H3,(H,59,74)(H,60,70)(H,61,72)(H,62,71)(H,63,68)(H,64,67)(H,65,69)/t33-,34-,35-,36-,44-,45-,46-/m0/s1. The molecule has 20 heteroatoms. The summed E-state index contributed by atoms with van der Waals surface area (Å²) < 4.78 is 5.29. The van der Waals surface area contributed by atoms with Crippen LogP contribution >= 0.6 is 11.6 Å². The van der Waals surface area contributed by atoms with E-state index in [4.69, 9.17) is 26.9 Å². The fourth-order valence-corrected chi connectivity index (χ4v) is 9.23. The number of hydroxylamine groups is 2. The van der Waals surface area contributed by atoms with Gasteiger partial charge in [-0.25, -0.2) is 9.59 Å². The van der Waals surface area contributed by atoms with Gasteiger partial charge in [0.25, 0.3) is 0 Å². The summed E-state index contributed by atoms with van der Waals surface area (Å²) in [4.78, 5) is 113. The predicted molar refractivity (Wildman–Crippen MR) is 291 cm³/mol. The van der Waals surface area contributed by atoms with Gasteiger partial charge in [-0.05, 0) is 116 Å². The molecule has 1 heterocycles. The first kappa shape index (κ1) is 58.2. The Balaban J connectivity index is 1.12. The minimum Gasteiger partial charge on any atom is -0.445 e. The highest BCUT2D eigenvalue weighted by atomic mass is 35.5. The highest BCUT2D eigenvalue weighted by Gasteiger charge is 2.32. The van der Waals surface area contributed by atoms with Crippen LogP contribution in [-0.2, 0) is 56.2 Å². The molecule has 0 radical (unpaired) electrons. The maximum atomic E-state index is 14.2. The molecule has 76 heavy (non-hydrogen) atoms. The van der Waals surface area contributed by atoms with E-state index in [0.717, 1.165) is 57.1 Å². The van der Waals surface area contributed by atoms with Crippen molar-refractivity contribution in [2.75, 3.05) is 19.6 Å². The second kappa shape index (κ2) is 27.6. The number of halogens is 1. The van der Waals surface area contributed by atoms with Crippen LogP contribution in [0.2, 0.25) is 5.02 Å². The third-order valence-electron chi connectivity index (χ3n) is 13.3. The molecule has 1 saturated heterocycles. The Labute approximate surface area is 448 Å². The summed E-state index contributed by atoms with van der Waals surface area (Å²) in [5, 5.41) is 27.0. The van der Waals surface area contributed by atoms with Gasteiger partial charge >= 0.3 is 12.1 Å². The molecule has 408 valence electrons. The summed E-state index contributed by atoms with van der Waals surface area (Å²) in [6.45, 7) is 10.9. The van der Waals surface area contributed by atoms with Crippen molar-refractivity contribution in [2.24, 2.45) is 11.7 Å². The van der Waals surface area contributed by atoms with Crippen LogP contribution in [0.4, 0.5) is 4.79 Å². The predicted octanol–water partition coefficient (Wildman–Crippen LogP) is 5.18. The van der Waals surface area contributed by atoms with Crippen molar-refractivity contribution in [3.63, 3.8) is 0 Å². The Morgan fingerprint density at radius 3 is 1.79 bits per heavy atom. The molecular weight excluding hydrogens is 994 g/mol. The van der Waals surface area contributed by atoms with Gasteiger partial charge < -0.3 is 52.5 Å². The number of ether oxygens (including phenoxy) is 1. The van der Waals surface area contributed by atoms with Crippen LogP contribution in [0.15, 0.2) is 78.9 Å². The van der Waals surface area contributed by atoms with E-state index < -0.39 is 89.8 Å². The highest BCUT2D eigenvalue weighted by molar-refractivity contribution is 6.31. The number of carbonyl (C=O) groups excluding carboxylic acids is 8. The molecule has 7 atom stereocenters. The molecule has 0 spiro atoms. The number of nitrogens with zero attached hydrogens (tertiary/aromatic N) is 1. The monoisotopic (exact) mass is 1070 g/mol. The lowest BCUT2D eigenvalue weighted by molar-refractivity contribution is -0.196. The molecule has 1 aliphatic rings. The van der Waals surface area contributed by atoms with Gasteiger partial charge in [-0.2, -0.15) is 0 Å². The summed E-state index contributed by atoms with van der Waals surface area (Å²) >= 11 is 6.19. The topological polar surface area (TPSA) is 268 Å². The van der Waals surface area contributed by atoms with Gasteiger partial charge in [-0.3, -0.25) is 28.8 Å². The van der Waals surface area contributed by atoms with E-state index in [-0.39, 0.29) is 38.3 Å². The molecule has 19 nitrogen and oxygen atoms in total. The molecular formula is C56H72ClN9O10. The van der Waals surface area contributed by atoms with E-state index in [9.17, 15) is 38.4 Å². The maximum absolute atomic E-state index is 14.2. The van der Waals surface area contributed by atoms with Crippen LogP contribution in [0.1, 0.15) is 97.6 Å². The molecule has 0 unspecified atom stereocenters. The van der Waals surface area contributed by atoms with E-state index in [1.54, 1.807) is 29.3 Å². The van der Waals surface area contributed by atoms with Gasteiger partial charge in [0, 0.05) is 36.6 Å². The van der Waals surface area contributed by atoms with Crippen LogP contribution < -0.4 is 43.0 Å². The van der Waals surface area contributed by atoms with Crippen LogP contribution in [0.5, 0.6) is 0 Å². The lowest BCUT2D eigenvalue weighted by atomic mass is 9.90. The fraction of sp³-hybridized carbons (Fsp3) is 0.464. The zero-order chi connectivity index (χ0) is 55.1. The summed E-state index contributed by atoms with van der Waals surface area (Å²) in [5.74, 6) is -4.73. The average Bonchev–Trinajstić information content (AvgIpc) is 3.39. The maximum Gasteiger partial charge on any atom is 0.407 e. The molecule has 0 aliphatic carbocycles. The smallest absolute Gasteiger partial charge is 0.407 e. The van der Waals surface area contributed by atoms with Gasteiger partial charge in [0.05, 0.1) is 6.04 Å². The molecule has 1 aliphatic heterocycles. The lowest BCUT2D eigenvalue weighted by Gasteiger charge is -2.27. The Morgan fingerprint density at radius 2 is 1.14 bits per heavy atom. The van der Waals surface area contributed by atoms with Crippen molar-refractivity contribution in [1.29, 1.82) is 0 Å².